The third-order valence-electron chi connectivity index (χ3n) is 0. The van der Waals surface area contributed by atoms with Crippen LogP contribution < -0.4 is 0 Å². The van der Waals surface area contributed by atoms with Gasteiger partial charge in [-0.05, 0) is 7.96 Å². The molecule has 0 aliphatic heterocycles. The Bertz CT molecular complexity index is 49.6. The Morgan fingerprint density at radius 3 is 2.75 bits per heavy atom. The summed E-state index contributed by atoms with van der Waals surface area (Å²) in [5.41, 5.74) is 0. The summed E-state index contributed by atoms with van der Waals surface area (Å²) in [6.45, 7) is 0. The van der Waals surface area contributed by atoms with Crippen molar-refractivity contribution in [3.05, 3.63) is 0 Å². The van der Waals surface area contributed by atoms with Gasteiger partial charge in [0.15, 0.2) is 0 Å². The van der Waals surface area contributed by atoms with Crippen LogP contribution in [0.2, 0.25) is 0 Å². The van der Waals surface area contributed by atoms with Gasteiger partial charge in [-0.2, -0.15) is 3.89 Å². The molecule has 0 nitrogen and oxygen atoms in total. The molecule has 4 heteroatoms. The molecule has 0 saturated carbocycles. The van der Waals surface area contributed by atoms with Gasteiger partial charge in [0, 0.05) is 21.2 Å². The molecule has 1 atom stereocenters. The van der Waals surface area contributed by atoms with Crippen molar-refractivity contribution < 1.29 is 3.89 Å². The third-order valence-corrected chi connectivity index (χ3v) is 0. The summed E-state index contributed by atoms with van der Waals surface area (Å²) in [4.78, 5) is 0. The van der Waals surface area contributed by atoms with Gasteiger partial charge in [0.25, 0.3) is 0 Å². The lowest BCUT2D eigenvalue weighted by molar-refractivity contribution is 0.948. The zero-order chi connectivity index (χ0) is 4.28. The molecule has 26 valence electrons. The number of hydrogen-bond acceptors (Lipinski definition) is 0. The van der Waals surface area contributed by atoms with Crippen molar-refractivity contribution >= 4 is 36.8 Å². The molecule has 0 aromatic heterocycles. The van der Waals surface area contributed by atoms with E-state index < -0.39 is 7.63 Å². The second kappa shape index (κ2) is 2.54. The highest BCUT2D eigenvalue weighted by molar-refractivity contribution is 14.2. The van der Waals surface area contributed by atoms with Crippen molar-refractivity contribution in [2.24, 2.45) is 0 Å². The SMILES string of the molecule is [3H]P=S(F)I. The van der Waals surface area contributed by atoms with Crippen LogP contribution in [0.1, 0.15) is 0 Å². The summed E-state index contributed by atoms with van der Waals surface area (Å²) in [6.07, 6.45) is 0. The lowest BCUT2D eigenvalue weighted by Gasteiger charge is -1.58. The Morgan fingerprint density at radius 2 is 2.75 bits per heavy atom. The van der Waals surface area contributed by atoms with Crippen LogP contribution in [0.15, 0.2) is 0 Å². The van der Waals surface area contributed by atoms with Crippen LogP contribution >= 0.6 is 29.2 Å². The first-order chi connectivity index (χ1) is 2.27. The Labute approximate surface area is 42.1 Å². The Balaban J connectivity index is 3.14. The number of hydrogen-bond donors (Lipinski definition) is 0. The van der Waals surface area contributed by atoms with E-state index in [0.717, 1.165) is 0 Å². The second-order valence-electron chi connectivity index (χ2n) is 0.196. The van der Waals surface area contributed by atoms with E-state index in [-0.39, 0.29) is 7.96 Å². The van der Waals surface area contributed by atoms with Crippen molar-refractivity contribution in [1.82, 2.24) is 0 Å². The van der Waals surface area contributed by atoms with Gasteiger partial charge < -0.3 is 0 Å². The van der Waals surface area contributed by atoms with E-state index >= 15 is 0 Å². The molecule has 0 aromatic rings. The first-order valence-corrected chi connectivity index (χ1v) is 5.21. The van der Waals surface area contributed by atoms with Gasteiger partial charge in [-0.15, -0.1) is 0 Å². The molecule has 0 spiro atoms. The zero-order valence-corrected chi connectivity index (χ0v) is 5.48. The molecule has 0 heterocycles. The van der Waals surface area contributed by atoms with Gasteiger partial charge >= 0.3 is 0 Å². The van der Waals surface area contributed by atoms with Crippen LogP contribution in [0.5, 0.6) is 0 Å². The van der Waals surface area contributed by atoms with E-state index in [1.54, 1.807) is 21.2 Å². The van der Waals surface area contributed by atoms with E-state index in [9.17, 15) is 3.89 Å². The quantitative estimate of drug-likeness (QED) is 0.424. The molecule has 0 rings (SSSR count). The predicted octanol–water partition coefficient (Wildman–Crippen LogP) is 1.90. The maximum atomic E-state index is 11.2. The average molecular weight is 212 g/mol. The van der Waals surface area contributed by atoms with Gasteiger partial charge in [-0.3, -0.25) is 0 Å². The maximum Gasteiger partial charge on any atom is 0.103 e. The minimum absolute atomic E-state index is 0.0947. The maximum absolute atomic E-state index is 11.2. The predicted molar refractivity (Wildman–Crippen MR) is 30.8 cm³/mol. The van der Waals surface area contributed by atoms with Crippen molar-refractivity contribution in [2.45, 2.75) is 0 Å². The first kappa shape index (κ1) is 3.50. The molecule has 0 bridgehead atoms. The summed E-state index contributed by atoms with van der Waals surface area (Å²) < 4.78 is 17.5. The van der Waals surface area contributed by atoms with Gasteiger partial charge in [-0.25, -0.2) is 0 Å². The Kier molecular flexibility index (Phi) is 2.22. The number of halogens is 2. The minimum Gasteiger partial charge on any atom is -0.159 e. The summed E-state index contributed by atoms with van der Waals surface area (Å²) in [6, 6.07) is 0. The highest BCUT2D eigenvalue weighted by Crippen LogP contribution is 1.99. The molecule has 0 aliphatic rings. The Morgan fingerprint density at radius 1 is 2.50 bits per heavy atom. The first-order valence-electron chi connectivity index (χ1n) is 0.938. The second-order valence-corrected chi connectivity index (χ2v) is 5.96. The molecule has 0 N–H and O–H groups in total. The van der Waals surface area contributed by atoms with E-state index in [1.165, 1.54) is 0 Å². The largest absolute Gasteiger partial charge is 0.159 e. The molecular formula is HFIPS. The molecule has 1 unspecified atom stereocenters. The molecule has 0 fully saturated rings. The summed E-state index contributed by atoms with van der Waals surface area (Å²) in [7, 11) is -1.12. The topological polar surface area (TPSA) is 0 Å². The number of rotatable bonds is 0. The van der Waals surface area contributed by atoms with Crippen molar-refractivity contribution in [3.63, 3.8) is 0 Å². The fraction of sp³-hybridized carbons (Fsp3) is 0. The molecule has 0 radical (unpaired) electrons. The monoisotopic (exact) mass is 212 g/mol. The van der Waals surface area contributed by atoms with E-state index in [2.05, 4.69) is 0 Å². The Hall–Kier alpha value is 1.31. The lowest BCUT2D eigenvalue weighted by Crippen LogP contribution is -1.28. The fourth-order valence-electron chi connectivity index (χ4n) is 0. The smallest absolute Gasteiger partial charge is 0.103 e. The van der Waals surface area contributed by atoms with Crippen LogP contribution in [-0.2, 0) is 7.63 Å². The van der Waals surface area contributed by atoms with Crippen molar-refractivity contribution in [3.8, 4) is 0 Å². The molecule has 0 amide bonds. The van der Waals surface area contributed by atoms with Crippen LogP contribution in [0.25, 0.3) is 0 Å². The zero-order valence-electron chi connectivity index (χ0n) is 2.61. The normalized spacial score (nSPS) is 20.0. The van der Waals surface area contributed by atoms with Gasteiger partial charge in [-0.1, -0.05) is 0 Å². The average Bonchev–Trinajstić information content (AvgIpc) is 1.38. The van der Waals surface area contributed by atoms with Crippen molar-refractivity contribution in [1.29, 1.82) is 1.28 Å². The van der Waals surface area contributed by atoms with Crippen LogP contribution in [0, 0.1) is 0 Å². The van der Waals surface area contributed by atoms with E-state index in [1.807, 2.05) is 0 Å². The van der Waals surface area contributed by atoms with Crippen LogP contribution in [0.4, 0.5) is 3.89 Å². The highest BCUT2D eigenvalue weighted by atomic mass is 127. The van der Waals surface area contributed by atoms with Crippen LogP contribution in [-0.4, -0.2) is 1.28 Å². The van der Waals surface area contributed by atoms with Gasteiger partial charge in [0.1, 0.15) is 1.28 Å². The molecular weight excluding hydrogens is 209 g/mol. The fourth-order valence-corrected chi connectivity index (χ4v) is 0. The van der Waals surface area contributed by atoms with Gasteiger partial charge in [0.05, 0.1) is 7.63 Å². The lowest BCUT2D eigenvalue weighted by atomic mass is 18.9. The summed E-state index contributed by atoms with van der Waals surface area (Å²) >= 11 is 1.57. The molecule has 0 saturated heterocycles. The van der Waals surface area contributed by atoms with Crippen molar-refractivity contribution in [2.75, 3.05) is 0 Å². The third kappa shape index (κ3) is 10.3. The summed E-state index contributed by atoms with van der Waals surface area (Å²) in [5, 5.41) is 0. The van der Waals surface area contributed by atoms with E-state index in [0.29, 0.717) is 0 Å². The van der Waals surface area contributed by atoms with Crippen LogP contribution in [0.3, 0.4) is 0 Å². The molecule has 0 aliphatic carbocycles. The standard InChI is InChI=1S/FHIPS/c1-4(2)3/h3H/i3T. The highest BCUT2D eigenvalue weighted by Gasteiger charge is 1.59. The van der Waals surface area contributed by atoms with Gasteiger partial charge in [0.2, 0.25) is 0 Å². The summed E-state index contributed by atoms with van der Waals surface area (Å²) in [5.74, 6) is 0. The molecule has 4 heavy (non-hydrogen) atoms. The minimum atomic E-state index is -1.21. The molecule has 0 aromatic carbocycles. The van der Waals surface area contributed by atoms with E-state index in [4.69, 9.17) is 1.28 Å².